The number of ketones is 1. The Balaban J connectivity index is 4.40. The van der Waals surface area contributed by atoms with Gasteiger partial charge in [-0.15, -0.1) is 0 Å². The molecular formula is C12H18O3. The molecule has 3 heteroatoms. The highest BCUT2D eigenvalue weighted by Crippen LogP contribution is 2.13. The molecule has 3 nitrogen and oxygen atoms in total. The molecule has 0 spiro atoms. The summed E-state index contributed by atoms with van der Waals surface area (Å²) in [5.74, 6) is -0.924. The Hall–Kier alpha value is -1.38. The van der Waals surface area contributed by atoms with Crippen LogP contribution in [-0.4, -0.2) is 17.9 Å². The standard InChI is InChI=1S/C12H18O3/c1-7(2)11(13)9(5)10(6)15-12(14)8(3)4/h9-10H,1,3H2,2,4-6H3. The van der Waals surface area contributed by atoms with E-state index < -0.39 is 12.1 Å². The van der Waals surface area contributed by atoms with Crippen molar-refractivity contribution in [3.63, 3.8) is 0 Å². The lowest BCUT2D eigenvalue weighted by atomic mass is 9.96. The van der Waals surface area contributed by atoms with Gasteiger partial charge in [-0.25, -0.2) is 4.79 Å². The monoisotopic (exact) mass is 210 g/mol. The number of rotatable bonds is 5. The van der Waals surface area contributed by atoms with Crippen LogP contribution in [0.2, 0.25) is 0 Å². The summed E-state index contributed by atoms with van der Waals surface area (Å²) < 4.78 is 5.04. The molecule has 2 atom stereocenters. The second-order valence-electron chi connectivity index (χ2n) is 3.82. The molecule has 0 aromatic rings. The molecule has 0 bridgehead atoms. The number of ether oxygens (including phenoxy) is 1. The Labute approximate surface area is 90.8 Å². The third-order valence-electron chi connectivity index (χ3n) is 2.18. The molecule has 0 radical (unpaired) electrons. The third kappa shape index (κ3) is 4.11. The first kappa shape index (κ1) is 13.6. The molecule has 2 unspecified atom stereocenters. The summed E-state index contributed by atoms with van der Waals surface area (Å²) in [6.45, 7) is 13.7. The maximum Gasteiger partial charge on any atom is 0.333 e. The van der Waals surface area contributed by atoms with E-state index in [2.05, 4.69) is 13.2 Å². The van der Waals surface area contributed by atoms with Gasteiger partial charge in [0.05, 0.1) is 5.92 Å². The lowest BCUT2D eigenvalue weighted by Crippen LogP contribution is -2.28. The Bertz CT molecular complexity index is 302. The normalized spacial score (nSPS) is 13.9. The van der Waals surface area contributed by atoms with Gasteiger partial charge >= 0.3 is 5.97 Å². The largest absolute Gasteiger partial charge is 0.459 e. The highest BCUT2D eigenvalue weighted by molar-refractivity contribution is 5.96. The third-order valence-corrected chi connectivity index (χ3v) is 2.18. The summed E-state index contributed by atoms with van der Waals surface area (Å²) in [5.41, 5.74) is 0.803. The van der Waals surface area contributed by atoms with Crippen molar-refractivity contribution < 1.29 is 14.3 Å². The van der Waals surface area contributed by atoms with Gasteiger partial charge in [0.25, 0.3) is 0 Å². The molecule has 84 valence electrons. The number of hydrogen-bond donors (Lipinski definition) is 0. The predicted molar refractivity (Wildman–Crippen MR) is 59.4 cm³/mol. The molecule has 0 aromatic carbocycles. The maximum atomic E-state index is 11.5. The van der Waals surface area contributed by atoms with E-state index in [1.54, 1.807) is 27.7 Å². The first-order chi connectivity index (χ1) is 6.77. The molecule has 0 aliphatic rings. The van der Waals surface area contributed by atoms with Gasteiger partial charge in [0.2, 0.25) is 0 Å². The summed E-state index contributed by atoms with van der Waals surface area (Å²) in [7, 11) is 0. The van der Waals surface area contributed by atoms with Crippen molar-refractivity contribution in [2.45, 2.75) is 33.8 Å². The summed E-state index contributed by atoms with van der Waals surface area (Å²) >= 11 is 0. The number of esters is 1. The van der Waals surface area contributed by atoms with Crippen LogP contribution in [-0.2, 0) is 14.3 Å². The van der Waals surface area contributed by atoms with Crippen LogP contribution in [0.15, 0.2) is 24.3 Å². The van der Waals surface area contributed by atoms with Gasteiger partial charge in [-0.2, -0.15) is 0 Å². The van der Waals surface area contributed by atoms with Crippen molar-refractivity contribution in [2.75, 3.05) is 0 Å². The van der Waals surface area contributed by atoms with E-state index in [4.69, 9.17) is 4.74 Å². The second-order valence-corrected chi connectivity index (χ2v) is 3.82. The van der Waals surface area contributed by atoms with Crippen LogP contribution in [0.25, 0.3) is 0 Å². The zero-order chi connectivity index (χ0) is 12.2. The zero-order valence-corrected chi connectivity index (χ0v) is 9.79. The summed E-state index contributed by atoms with van der Waals surface area (Å²) in [5, 5.41) is 0. The van der Waals surface area contributed by atoms with Crippen LogP contribution in [0.3, 0.4) is 0 Å². The predicted octanol–water partition coefficient (Wildman–Crippen LogP) is 2.28. The molecule has 0 amide bonds. The quantitative estimate of drug-likeness (QED) is 0.516. The first-order valence-corrected chi connectivity index (χ1v) is 4.83. The van der Waals surface area contributed by atoms with Gasteiger partial charge in [0, 0.05) is 5.57 Å². The first-order valence-electron chi connectivity index (χ1n) is 4.83. The van der Waals surface area contributed by atoms with Gasteiger partial charge < -0.3 is 4.74 Å². The van der Waals surface area contributed by atoms with Crippen molar-refractivity contribution in [3.05, 3.63) is 24.3 Å². The fourth-order valence-electron chi connectivity index (χ4n) is 0.973. The van der Waals surface area contributed by atoms with Crippen molar-refractivity contribution in [1.82, 2.24) is 0 Å². The Morgan fingerprint density at radius 2 is 1.53 bits per heavy atom. The SMILES string of the molecule is C=C(C)C(=O)OC(C)C(C)C(=O)C(=C)C. The van der Waals surface area contributed by atoms with Crippen LogP contribution in [0.1, 0.15) is 27.7 Å². The maximum absolute atomic E-state index is 11.5. The van der Waals surface area contributed by atoms with Crippen molar-refractivity contribution >= 4 is 11.8 Å². The van der Waals surface area contributed by atoms with E-state index >= 15 is 0 Å². The van der Waals surface area contributed by atoms with E-state index in [0.717, 1.165) is 0 Å². The molecule has 0 heterocycles. The summed E-state index contributed by atoms with van der Waals surface area (Å²) in [4.78, 5) is 22.7. The smallest absolute Gasteiger partial charge is 0.333 e. The average molecular weight is 210 g/mol. The highest BCUT2D eigenvalue weighted by atomic mass is 16.5. The minimum absolute atomic E-state index is 0.0861. The van der Waals surface area contributed by atoms with Crippen molar-refractivity contribution in [1.29, 1.82) is 0 Å². The number of carbonyl (C=O) groups is 2. The molecule has 0 saturated carbocycles. The molecule has 0 N–H and O–H groups in total. The molecule has 0 aliphatic heterocycles. The Morgan fingerprint density at radius 3 is 1.87 bits per heavy atom. The fourth-order valence-corrected chi connectivity index (χ4v) is 0.973. The molecular weight excluding hydrogens is 192 g/mol. The van der Waals surface area contributed by atoms with Gasteiger partial charge in [0.1, 0.15) is 6.10 Å². The molecule has 15 heavy (non-hydrogen) atoms. The average Bonchev–Trinajstić information content (AvgIpc) is 2.14. The minimum Gasteiger partial charge on any atom is -0.459 e. The van der Waals surface area contributed by atoms with Gasteiger partial charge in [-0.1, -0.05) is 20.1 Å². The van der Waals surface area contributed by atoms with Gasteiger partial charge in [0.15, 0.2) is 5.78 Å². The molecule has 0 fully saturated rings. The van der Waals surface area contributed by atoms with Crippen molar-refractivity contribution in [3.8, 4) is 0 Å². The summed E-state index contributed by atoms with van der Waals surface area (Å²) in [6, 6.07) is 0. The minimum atomic E-state index is -0.469. The number of carbonyl (C=O) groups excluding carboxylic acids is 2. The summed E-state index contributed by atoms with van der Waals surface area (Å²) in [6.07, 6.45) is -0.460. The number of allylic oxidation sites excluding steroid dienone is 1. The van der Waals surface area contributed by atoms with Crippen LogP contribution in [0.4, 0.5) is 0 Å². The molecule has 0 aromatic heterocycles. The van der Waals surface area contributed by atoms with Crippen LogP contribution >= 0.6 is 0 Å². The van der Waals surface area contributed by atoms with Crippen molar-refractivity contribution in [2.24, 2.45) is 5.92 Å². The van der Waals surface area contributed by atoms with E-state index in [-0.39, 0.29) is 11.7 Å². The Kier molecular flexibility index (Phi) is 4.98. The zero-order valence-electron chi connectivity index (χ0n) is 9.79. The van der Waals surface area contributed by atoms with Crippen LogP contribution in [0.5, 0.6) is 0 Å². The fraction of sp³-hybridized carbons (Fsp3) is 0.500. The van der Waals surface area contributed by atoms with E-state index in [9.17, 15) is 9.59 Å². The van der Waals surface area contributed by atoms with Gasteiger partial charge in [-0.05, 0) is 26.3 Å². The van der Waals surface area contributed by atoms with Crippen LogP contribution < -0.4 is 0 Å². The number of hydrogen-bond acceptors (Lipinski definition) is 3. The van der Waals surface area contributed by atoms with E-state index in [1.165, 1.54) is 0 Å². The molecule has 0 aliphatic carbocycles. The lowest BCUT2D eigenvalue weighted by Gasteiger charge is -2.19. The topological polar surface area (TPSA) is 43.4 Å². The number of Topliss-reactive ketones (excluding diaryl/α,β-unsaturated/α-hetero) is 1. The van der Waals surface area contributed by atoms with Crippen LogP contribution in [0, 0.1) is 5.92 Å². The molecule has 0 rings (SSSR count). The Morgan fingerprint density at radius 1 is 1.07 bits per heavy atom. The van der Waals surface area contributed by atoms with E-state index in [1.807, 2.05) is 0 Å². The van der Waals surface area contributed by atoms with E-state index in [0.29, 0.717) is 11.1 Å². The second kappa shape index (κ2) is 5.49. The lowest BCUT2D eigenvalue weighted by molar-refractivity contribution is -0.147. The highest BCUT2D eigenvalue weighted by Gasteiger charge is 2.23. The molecule has 0 saturated heterocycles. The van der Waals surface area contributed by atoms with Gasteiger partial charge in [-0.3, -0.25) is 4.79 Å².